The molecule has 1 unspecified atom stereocenters. The summed E-state index contributed by atoms with van der Waals surface area (Å²) >= 11 is 0. The van der Waals surface area contributed by atoms with E-state index in [2.05, 4.69) is 46.1 Å². The zero-order valence-corrected chi connectivity index (χ0v) is 19.4. The fourth-order valence-electron chi connectivity index (χ4n) is 5.01. The summed E-state index contributed by atoms with van der Waals surface area (Å²) in [4.78, 5) is 9.17. The topological polar surface area (TPSA) is 37.2 Å². The normalized spacial score (nSPS) is 16.5. The maximum absolute atomic E-state index is 14.5. The number of aromatic nitrogens is 3. The van der Waals surface area contributed by atoms with Gasteiger partial charge in [-0.25, -0.2) is 4.39 Å². The van der Waals surface area contributed by atoms with E-state index in [4.69, 9.17) is 0 Å². The number of rotatable bonds is 8. The zero-order valence-electron chi connectivity index (χ0n) is 19.4. The van der Waals surface area contributed by atoms with Crippen LogP contribution in [-0.2, 0) is 26.6 Å². The molecule has 5 nitrogen and oxygen atoms in total. The molecule has 3 aromatic rings. The van der Waals surface area contributed by atoms with Crippen molar-refractivity contribution >= 4 is 0 Å². The van der Waals surface area contributed by atoms with Gasteiger partial charge >= 0.3 is 0 Å². The Morgan fingerprint density at radius 2 is 1.91 bits per heavy atom. The van der Waals surface area contributed by atoms with E-state index < -0.39 is 0 Å². The lowest BCUT2D eigenvalue weighted by molar-refractivity contribution is 0.0948. The minimum atomic E-state index is -0.0996. The summed E-state index contributed by atoms with van der Waals surface area (Å²) in [5, 5.41) is 4.50. The molecular formula is C26H34FN5. The van der Waals surface area contributed by atoms with E-state index in [-0.39, 0.29) is 11.9 Å². The first-order valence-corrected chi connectivity index (χ1v) is 11.5. The second kappa shape index (κ2) is 10.4. The van der Waals surface area contributed by atoms with Crippen LogP contribution in [-0.4, -0.2) is 50.7 Å². The van der Waals surface area contributed by atoms with Crippen molar-refractivity contribution in [2.45, 2.75) is 45.3 Å². The summed E-state index contributed by atoms with van der Waals surface area (Å²) in [5.41, 5.74) is 4.38. The van der Waals surface area contributed by atoms with E-state index in [1.807, 2.05) is 42.3 Å². The molecule has 1 saturated heterocycles. The van der Waals surface area contributed by atoms with Gasteiger partial charge in [-0.1, -0.05) is 24.3 Å². The molecule has 170 valence electrons. The summed E-state index contributed by atoms with van der Waals surface area (Å²) in [6.07, 6.45) is 8.85. The van der Waals surface area contributed by atoms with E-state index in [1.54, 1.807) is 12.1 Å². The number of nitrogens with zero attached hydrogens (tertiary/aromatic N) is 5. The molecule has 0 bridgehead atoms. The molecule has 0 saturated carbocycles. The van der Waals surface area contributed by atoms with Crippen LogP contribution < -0.4 is 0 Å². The minimum Gasteiger partial charge on any atom is -0.299 e. The van der Waals surface area contributed by atoms with Crippen LogP contribution in [0.25, 0.3) is 0 Å². The molecule has 3 heterocycles. The lowest BCUT2D eigenvalue weighted by atomic mass is 9.84. The predicted octanol–water partition coefficient (Wildman–Crippen LogP) is 4.22. The molecule has 0 aliphatic carbocycles. The van der Waals surface area contributed by atoms with Gasteiger partial charge in [0.05, 0.1) is 5.69 Å². The van der Waals surface area contributed by atoms with Crippen molar-refractivity contribution in [2.24, 2.45) is 13.0 Å². The van der Waals surface area contributed by atoms with Crippen LogP contribution in [0.1, 0.15) is 35.2 Å². The van der Waals surface area contributed by atoms with Crippen LogP contribution in [0, 0.1) is 18.7 Å². The maximum atomic E-state index is 14.5. The Hall–Kier alpha value is -2.57. The Balaban J connectivity index is 1.46. The van der Waals surface area contributed by atoms with E-state index in [9.17, 15) is 4.39 Å². The average molecular weight is 436 g/mol. The molecule has 0 N–H and O–H groups in total. The molecule has 1 fully saturated rings. The zero-order chi connectivity index (χ0) is 22.5. The SMILES string of the molecule is Cc1nn(C)cc1CN(C)C(Cc1ccccc1F)C1CCN(Cc2cccnc2)CC1. The van der Waals surface area contributed by atoms with Gasteiger partial charge in [0.15, 0.2) is 0 Å². The van der Waals surface area contributed by atoms with Crippen LogP contribution in [0.3, 0.4) is 0 Å². The number of likely N-dealkylation sites (tertiary alicyclic amines) is 1. The van der Waals surface area contributed by atoms with Gasteiger partial charge in [-0.15, -0.1) is 0 Å². The van der Waals surface area contributed by atoms with Crippen LogP contribution in [0.4, 0.5) is 4.39 Å². The van der Waals surface area contributed by atoms with Gasteiger partial charge in [-0.2, -0.15) is 5.10 Å². The summed E-state index contributed by atoms with van der Waals surface area (Å²) in [7, 11) is 4.14. The largest absolute Gasteiger partial charge is 0.299 e. The first-order chi connectivity index (χ1) is 15.5. The molecule has 6 heteroatoms. The standard InChI is InChI=1S/C26H34FN5/c1-20-24(19-31(3)29-20)18-30(2)26(15-23-8-4-5-9-25(23)27)22-10-13-32(14-11-22)17-21-7-6-12-28-16-21/h4-9,12,16,19,22,26H,10-11,13-15,17-18H2,1-3H3. The smallest absolute Gasteiger partial charge is 0.126 e. The Labute approximate surface area is 190 Å². The highest BCUT2D eigenvalue weighted by Gasteiger charge is 2.30. The number of halogens is 1. The third-order valence-corrected chi connectivity index (χ3v) is 6.79. The van der Waals surface area contributed by atoms with Crippen molar-refractivity contribution in [2.75, 3.05) is 20.1 Å². The van der Waals surface area contributed by atoms with Gasteiger partial charge < -0.3 is 0 Å². The quantitative estimate of drug-likeness (QED) is 0.531. The molecule has 0 spiro atoms. The van der Waals surface area contributed by atoms with Crippen molar-refractivity contribution in [3.8, 4) is 0 Å². The van der Waals surface area contributed by atoms with E-state index in [0.29, 0.717) is 5.92 Å². The average Bonchev–Trinajstić information content (AvgIpc) is 3.11. The molecule has 0 radical (unpaired) electrons. The van der Waals surface area contributed by atoms with Crippen LogP contribution in [0.15, 0.2) is 55.0 Å². The Kier molecular flexibility index (Phi) is 7.33. The third-order valence-electron chi connectivity index (χ3n) is 6.79. The molecule has 1 atom stereocenters. The summed E-state index contributed by atoms with van der Waals surface area (Å²) in [5.74, 6) is 0.430. The molecule has 4 rings (SSSR count). The molecule has 1 aliphatic heterocycles. The first-order valence-electron chi connectivity index (χ1n) is 11.5. The van der Waals surface area contributed by atoms with Crippen molar-refractivity contribution < 1.29 is 4.39 Å². The Bertz CT molecular complexity index is 994. The number of aryl methyl sites for hydroxylation is 2. The van der Waals surface area contributed by atoms with E-state index in [0.717, 1.165) is 56.7 Å². The molecule has 2 aromatic heterocycles. The number of hydrogen-bond donors (Lipinski definition) is 0. The summed E-state index contributed by atoms with van der Waals surface area (Å²) in [6, 6.07) is 11.7. The van der Waals surface area contributed by atoms with Gasteiger partial charge in [0.25, 0.3) is 0 Å². The van der Waals surface area contributed by atoms with Crippen LogP contribution >= 0.6 is 0 Å². The van der Waals surface area contributed by atoms with Crippen molar-refractivity contribution in [1.29, 1.82) is 0 Å². The molecular weight excluding hydrogens is 401 g/mol. The molecule has 1 aromatic carbocycles. The fourth-order valence-corrected chi connectivity index (χ4v) is 5.01. The first kappa shape index (κ1) is 22.6. The maximum Gasteiger partial charge on any atom is 0.126 e. The lowest BCUT2D eigenvalue weighted by Crippen LogP contribution is -2.45. The molecule has 0 amide bonds. The Morgan fingerprint density at radius 3 is 2.56 bits per heavy atom. The highest BCUT2D eigenvalue weighted by atomic mass is 19.1. The highest BCUT2D eigenvalue weighted by Crippen LogP contribution is 2.29. The fraction of sp³-hybridized carbons (Fsp3) is 0.462. The van der Waals surface area contributed by atoms with Gasteiger partial charge in [0, 0.05) is 50.3 Å². The number of pyridine rings is 1. The second-order valence-corrected chi connectivity index (χ2v) is 9.17. The number of hydrogen-bond acceptors (Lipinski definition) is 4. The number of piperidine rings is 1. The van der Waals surface area contributed by atoms with Gasteiger partial charge in [0.2, 0.25) is 0 Å². The van der Waals surface area contributed by atoms with Crippen molar-refractivity contribution in [3.63, 3.8) is 0 Å². The van der Waals surface area contributed by atoms with Crippen LogP contribution in [0.5, 0.6) is 0 Å². The molecule has 32 heavy (non-hydrogen) atoms. The van der Waals surface area contributed by atoms with Gasteiger partial charge in [0.1, 0.15) is 5.82 Å². The second-order valence-electron chi connectivity index (χ2n) is 9.17. The monoisotopic (exact) mass is 435 g/mol. The lowest BCUT2D eigenvalue weighted by Gasteiger charge is -2.40. The third kappa shape index (κ3) is 5.61. The minimum absolute atomic E-state index is 0.0996. The summed E-state index contributed by atoms with van der Waals surface area (Å²) < 4.78 is 16.4. The Morgan fingerprint density at radius 1 is 1.12 bits per heavy atom. The van der Waals surface area contributed by atoms with Gasteiger partial charge in [-0.3, -0.25) is 19.5 Å². The number of benzene rings is 1. The van der Waals surface area contributed by atoms with E-state index >= 15 is 0 Å². The highest BCUT2D eigenvalue weighted by molar-refractivity contribution is 5.20. The van der Waals surface area contributed by atoms with E-state index in [1.165, 1.54) is 11.1 Å². The number of likely N-dealkylation sites (N-methyl/N-ethyl adjacent to an activating group) is 1. The van der Waals surface area contributed by atoms with Gasteiger partial charge in [-0.05, 0) is 75.5 Å². The predicted molar refractivity (Wildman–Crippen MR) is 126 cm³/mol. The van der Waals surface area contributed by atoms with Crippen LogP contribution in [0.2, 0.25) is 0 Å². The van der Waals surface area contributed by atoms with Crippen molar-refractivity contribution in [1.82, 2.24) is 24.6 Å². The van der Waals surface area contributed by atoms with Crippen molar-refractivity contribution in [3.05, 3.63) is 83.2 Å². The molecule has 1 aliphatic rings. The summed E-state index contributed by atoms with van der Waals surface area (Å²) in [6.45, 7) is 5.96.